The number of nitrogens with zero attached hydrogens (tertiary/aromatic N) is 4. The number of amides is 1. The molecule has 0 aliphatic carbocycles. The van der Waals surface area contributed by atoms with Crippen molar-refractivity contribution in [2.45, 2.75) is 50.9 Å². The highest BCUT2D eigenvalue weighted by molar-refractivity contribution is 6.31. The summed E-state index contributed by atoms with van der Waals surface area (Å²) in [6.07, 6.45) is -1.83. The second kappa shape index (κ2) is 10.7. The van der Waals surface area contributed by atoms with E-state index in [-0.39, 0.29) is 47.0 Å². The number of likely N-dealkylation sites (tertiary alicyclic amines) is 1. The average Bonchev–Trinajstić information content (AvgIpc) is 2.85. The third-order valence-electron chi connectivity index (χ3n) is 6.88. The number of hydrogen-bond donors (Lipinski definition) is 2. The van der Waals surface area contributed by atoms with Crippen LogP contribution < -0.4 is 16.0 Å². The van der Waals surface area contributed by atoms with Crippen molar-refractivity contribution in [2.24, 2.45) is 5.92 Å². The molecular formula is C24H27ClF4N6O2. The van der Waals surface area contributed by atoms with E-state index >= 15 is 0 Å². The largest absolute Gasteiger partial charge is 0.416 e. The van der Waals surface area contributed by atoms with E-state index in [0.29, 0.717) is 32.4 Å². The fourth-order valence-corrected chi connectivity index (χ4v) is 5.31. The molecule has 37 heavy (non-hydrogen) atoms. The summed E-state index contributed by atoms with van der Waals surface area (Å²) in [5, 5.41) is 2.79. The molecule has 2 aromatic rings. The molecule has 1 amide bonds. The van der Waals surface area contributed by atoms with Gasteiger partial charge in [0.05, 0.1) is 11.6 Å². The topological polar surface area (TPSA) is 104 Å². The van der Waals surface area contributed by atoms with E-state index in [1.807, 2.05) is 0 Å². The lowest BCUT2D eigenvalue weighted by atomic mass is 9.84. The number of piperidine rings is 2. The molecule has 0 spiro atoms. The van der Waals surface area contributed by atoms with Crippen molar-refractivity contribution >= 4 is 40.6 Å². The maximum absolute atomic E-state index is 14.7. The normalized spacial score (nSPS) is 22.8. The lowest BCUT2D eigenvalue weighted by Crippen LogP contribution is -2.61. The lowest BCUT2D eigenvalue weighted by Gasteiger charge is -2.46. The molecule has 8 nitrogen and oxygen atoms in total. The van der Waals surface area contributed by atoms with Crippen LogP contribution in [0.15, 0.2) is 24.5 Å². The molecule has 3 N–H and O–H groups in total. The van der Waals surface area contributed by atoms with Crippen molar-refractivity contribution in [2.75, 3.05) is 35.6 Å². The Morgan fingerprint density at radius 2 is 1.97 bits per heavy atom. The number of carbonyl (C=O) groups is 2. The van der Waals surface area contributed by atoms with Crippen LogP contribution in [0.1, 0.15) is 38.2 Å². The summed E-state index contributed by atoms with van der Waals surface area (Å²) in [6.45, 7) is 2.60. The van der Waals surface area contributed by atoms with Crippen LogP contribution in [0, 0.1) is 11.7 Å². The molecule has 3 atom stereocenters. The van der Waals surface area contributed by atoms with Crippen molar-refractivity contribution in [3.05, 3.63) is 40.9 Å². The third kappa shape index (κ3) is 5.73. The van der Waals surface area contributed by atoms with E-state index in [4.69, 9.17) is 17.3 Å². The van der Waals surface area contributed by atoms with Crippen molar-refractivity contribution in [1.29, 1.82) is 0 Å². The molecular weight excluding hydrogens is 516 g/mol. The van der Waals surface area contributed by atoms with E-state index in [2.05, 4.69) is 15.3 Å². The average molecular weight is 543 g/mol. The fourth-order valence-electron chi connectivity index (χ4n) is 5.07. The first kappa shape index (κ1) is 26.9. The number of ketones is 1. The molecule has 200 valence electrons. The Morgan fingerprint density at radius 3 is 2.68 bits per heavy atom. The number of anilines is 3. The summed E-state index contributed by atoms with van der Waals surface area (Å²) in [5.74, 6) is -1.89. The van der Waals surface area contributed by atoms with Gasteiger partial charge in [-0.2, -0.15) is 17.6 Å². The zero-order valence-corrected chi connectivity index (χ0v) is 20.8. The Balaban J connectivity index is 1.59. The molecule has 3 heterocycles. The number of rotatable bonds is 6. The van der Waals surface area contributed by atoms with Gasteiger partial charge in [0.1, 0.15) is 18.2 Å². The third-order valence-corrected chi connectivity index (χ3v) is 7.10. The summed E-state index contributed by atoms with van der Waals surface area (Å²) < 4.78 is 54.4. The summed E-state index contributed by atoms with van der Waals surface area (Å²) in [7, 11) is 0. The van der Waals surface area contributed by atoms with Gasteiger partial charge >= 0.3 is 6.18 Å². The zero-order chi connectivity index (χ0) is 26.9. The van der Waals surface area contributed by atoms with Gasteiger partial charge in [-0.15, -0.1) is 0 Å². The molecule has 0 saturated carbocycles. The van der Waals surface area contributed by atoms with Crippen molar-refractivity contribution in [3.8, 4) is 0 Å². The van der Waals surface area contributed by atoms with Crippen molar-refractivity contribution in [1.82, 2.24) is 14.9 Å². The first-order chi connectivity index (χ1) is 17.5. The Kier molecular flexibility index (Phi) is 7.77. The van der Waals surface area contributed by atoms with E-state index in [1.165, 1.54) is 6.07 Å². The molecule has 1 aromatic carbocycles. The second-order valence-corrected chi connectivity index (χ2v) is 9.66. The standard InChI is InChI=1S/C24H27ClF4N6O2/c1-2-19(36)16-5-7-34(22-20(26)21(30)31-12-32-22)11-18(16)35-6-3-4-17(23(35)37)33-15-9-13(24(27,28)29)8-14(25)10-15/h8-10,12,16-18,33H,2-7,11H2,1H3,(H2,30,31,32)/t16-,17-,18-/m0/s1. The fraction of sp³-hybridized carbons (Fsp3) is 0.500. The Labute approximate surface area is 216 Å². The van der Waals surface area contributed by atoms with E-state index < -0.39 is 35.6 Å². The zero-order valence-electron chi connectivity index (χ0n) is 20.1. The highest BCUT2D eigenvalue weighted by Gasteiger charge is 2.43. The molecule has 4 rings (SSSR count). The number of carbonyl (C=O) groups excluding carboxylic acids is 2. The van der Waals surface area contributed by atoms with Gasteiger partial charge in [-0.25, -0.2) is 9.97 Å². The van der Waals surface area contributed by atoms with Gasteiger partial charge in [0, 0.05) is 42.7 Å². The monoisotopic (exact) mass is 542 g/mol. The van der Waals surface area contributed by atoms with Gasteiger partial charge < -0.3 is 20.9 Å². The molecule has 0 unspecified atom stereocenters. The predicted molar refractivity (Wildman–Crippen MR) is 131 cm³/mol. The smallest absolute Gasteiger partial charge is 0.381 e. The molecule has 0 radical (unpaired) electrons. The van der Waals surface area contributed by atoms with Crippen LogP contribution in [0.3, 0.4) is 0 Å². The molecule has 1 aromatic heterocycles. The minimum absolute atomic E-state index is 0.00219. The Morgan fingerprint density at radius 1 is 1.22 bits per heavy atom. The number of hydrogen-bond acceptors (Lipinski definition) is 7. The Hall–Kier alpha value is -3.15. The highest BCUT2D eigenvalue weighted by atomic mass is 35.5. The number of alkyl halides is 3. The molecule has 13 heteroatoms. The summed E-state index contributed by atoms with van der Waals surface area (Å²) in [5.41, 5.74) is 4.75. The number of nitrogens with two attached hydrogens (primary N) is 1. The van der Waals surface area contributed by atoms with Crippen LogP contribution in [-0.4, -0.2) is 58.3 Å². The maximum atomic E-state index is 14.7. The van der Waals surface area contributed by atoms with Crippen molar-refractivity contribution in [3.63, 3.8) is 0 Å². The van der Waals surface area contributed by atoms with E-state index in [1.54, 1.807) is 16.7 Å². The van der Waals surface area contributed by atoms with Gasteiger partial charge in [0.2, 0.25) is 11.7 Å². The van der Waals surface area contributed by atoms with E-state index in [9.17, 15) is 27.2 Å². The SMILES string of the molecule is CCC(=O)[C@H]1CCN(c2ncnc(N)c2F)C[C@@H]1N1CCC[C@H](Nc2cc(Cl)cc(C(F)(F)F)c2)C1=O. The van der Waals surface area contributed by atoms with Crippen LogP contribution >= 0.6 is 11.6 Å². The molecule has 2 aliphatic heterocycles. The van der Waals surface area contributed by atoms with Gasteiger partial charge in [0.25, 0.3) is 0 Å². The minimum Gasteiger partial charge on any atom is -0.381 e. The molecule has 0 bridgehead atoms. The van der Waals surface area contributed by atoms with Crippen molar-refractivity contribution < 1.29 is 27.2 Å². The number of halogens is 5. The summed E-state index contributed by atoms with van der Waals surface area (Å²) >= 11 is 5.90. The molecule has 2 aliphatic rings. The predicted octanol–water partition coefficient (Wildman–Crippen LogP) is 4.15. The van der Waals surface area contributed by atoms with Gasteiger partial charge in [0.15, 0.2) is 11.6 Å². The number of nitrogens with one attached hydrogen (secondary N) is 1. The van der Waals surface area contributed by atoms with E-state index in [0.717, 1.165) is 18.5 Å². The van der Waals surface area contributed by atoms with Gasteiger partial charge in [-0.1, -0.05) is 18.5 Å². The number of benzene rings is 1. The first-order valence-corrected chi connectivity index (χ1v) is 12.4. The maximum Gasteiger partial charge on any atom is 0.416 e. The first-order valence-electron chi connectivity index (χ1n) is 12.0. The quantitative estimate of drug-likeness (QED) is 0.528. The molecule has 2 saturated heterocycles. The minimum atomic E-state index is -4.59. The van der Waals surface area contributed by atoms with Crippen LogP contribution in [0.5, 0.6) is 0 Å². The van der Waals surface area contributed by atoms with Crippen LogP contribution in [-0.2, 0) is 15.8 Å². The summed E-state index contributed by atoms with van der Waals surface area (Å²) in [6, 6.07) is 1.67. The Bertz CT molecular complexity index is 1180. The summed E-state index contributed by atoms with van der Waals surface area (Å²) in [4.78, 5) is 37.3. The lowest BCUT2D eigenvalue weighted by molar-refractivity contribution is -0.140. The number of Topliss-reactive ketones (excluding diaryl/α,β-unsaturated/α-hetero) is 1. The van der Waals surface area contributed by atoms with Gasteiger partial charge in [-0.3, -0.25) is 9.59 Å². The highest BCUT2D eigenvalue weighted by Crippen LogP contribution is 2.35. The number of aromatic nitrogens is 2. The van der Waals surface area contributed by atoms with Crippen LogP contribution in [0.4, 0.5) is 34.9 Å². The van der Waals surface area contributed by atoms with Gasteiger partial charge in [-0.05, 0) is 37.5 Å². The number of nitrogen functional groups attached to an aromatic ring is 1. The van der Waals surface area contributed by atoms with Crippen LogP contribution in [0.2, 0.25) is 5.02 Å². The molecule has 2 fully saturated rings. The van der Waals surface area contributed by atoms with Crippen LogP contribution in [0.25, 0.3) is 0 Å². The second-order valence-electron chi connectivity index (χ2n) is 9.22.